The van der Waals surface area contributed by atoms with E-state index >= 15 is 0 Å². The van der Waals surface area contributed by atoms with Crippen LogP contribution in [-0.4, -0.2) is 5.71 Å². The maximum Gasteiger partial charge on any atom is 0.0685 e. The van der Waals surface area contributed by atoms with Crippen LogP contribution in [0.15, 0.2) is 102 Å². The van der Waals surface area contributed by atoms with Crippen LogP contribution < -0.4 is 0 Å². The van der Waals surface area contributed by atoms with Crippen LogP contribution in [0.4, 0.5) is 5.69 Å². The quantitative estimate of drug-likeness (QED) is 0.347. The van der Waals surface area contributed by atoms with Gasteiger partial charge >= 0.3 is 0 Å². The first kappa shape index (κ1) is 18.6. The Balaban J connectivity index is 1.77. The number of nitrogens with zero attached hydrogens (tertiary/aromatic N) is 1. The molecule has 1 unspecified atom stereocenters. The van der Waals surface area contributed by atoms with Crippen molar-refractivity contribution >= 4 is 11.4 Å². The van der Waals surface area contributed by atoms with Crippen LogP contribution in [-0.2, 0) is 5.41 Å². The molecule has 1 heteroatoms. The minimum atomic E-state index is -0.285. The van der Waals surface area contributed by atoms with Crippen LogP contribution in [0.1, 0.15) is 34.7 Å². The fourth-order valence-electron chi connectivity index (χ4n) is 4.73. The highest BCUT2D eigenvalue weighted by Gasteiger charge is 2.41. The Bertz CT molecular complexity index is 1250. The zero-order valence-electron chi connectivity index (χ0n) is 17.7. The standard InChI is InChI=1S/C29H25N/c1-20-12-10-11-17-24(20)25-19-27-26(18-21(25)2)29(3,23-15-8-5-9-16-23)28(30-27)22-13-6-4-7-14-22/h4-19H,1-3H3. The molecule has 1 aliphatic rings. The molecular weight excluding hydrogens is 362 g/mol. The molecule has 1 aliphatic heterocycles. The molecule has 5 rings (SSSR count). The molecule has 0 aliphatic carbocycles. The highest BCUT2D eigenvalue weighted by Crippen LogP contribution is 2.48. The van der Waals surface area contributed by atoms with E-state index in [9.17, 15) is 0 Å². The average molecular weight is 388 g/mol. The van der Waals surface area contributed by atoms with Gasteiger partial charge in [-0.2, -0.15) is 0 Å². The van der Waals surface area contributed by atoms with Gasteiger partial charge in [-0.15, -0.1) is 0 Å². The van der Waals surface area contributed by atoms with Crippen LogP contribution in [0.5, 0.6) is 0 Å². The first-order valence-electron chi connectivity index (χ1n) is 10.5. The van der Waals surface area contributed by atoms with E-state index in [4.69, 9.17) is 4.99 Å². The minimum absolute atomic E-state index is 0.285. The van der Waals surface area contributed by atoms with Gasteiger partial charge in [0.1, 0.15) is 0 Å². The van der Waals surface area contributed by atoms with Gasteiger partial charge in [-0.1, -0.05) is 91.0 Å². The molecule has 0 N–H and O–H groups in total. The van der Waals surface area contributed by atoms with Crippen molar-refractivity contribution in [1.82, 2.24) is 0 Å². The lowest BCUT2D eigenvalue weighted by Gasteiger charge is -2.29. The van der Waals surface area contributed by atoms with Crippen molar-refractivity contribution in [1.29, 1.82) is 0 Å². The Morgan fingerprint density at radius 2 is 1.27 bits per heavy atom. The Morgan fingerprint density at radius 1 is 0.633 bits per heavy atom. The predicted octanol–water partition coefficient (Wildman–Crippen LogP) is 7.41. The van der Waals surface area contributed by atoms with E-state index in [1.165, 1.54) is 38.9 Å². The largest absolute Gasteiger partial charge is 0.251 e. The summed E-state index contributed by atoms with van der Waals surface area (Å²) in [5, 5.41) is 0. The highest BCUT2D eigenvalue weighted by atomic mass is 14.8. The van der Waals surface area contributed by atoms with Crippen molar-refractivity contribution in [3.8, 4) is 11.1 Å². The molecule has 0 fully saturated rings. The van der Waals surface area contributed by atoms with Crippen molar-refractivity contribution in [3.63, 3.8) is 0 Å². The van der Waals surface area contributed by atoms with E-state index in [-0.39, 0.29) is 5.41 Å². The summed E-state index contributed by atoms with van der Waals surface area (Å²) in [6.45, 7) is 6.70. The Morgan fingerprint density at radius 3 is 1.97 bits per heavy atom. The molecule has 0 radical (unpaired) electrons. The van der Waals surface area contributed by atoms with Crippen LogP contribution in [0.2, 0.25) is 0 Å². The minimum Gasteiger partial charge on any atom is -0.251 e. The lowest BCUT2D eigenvalue weighted by Crippen LogP contribution is -2.31. The SMILES string of the molecule is Cc1ccccc1-c1cc2c(cc1C)C(C)(c1ccccc1)C(c1ccccc1)=N2. The van der Waals surface area contributed by atoms with Gasteiger partial charge in [0.15, 0.2) is 0 Å². The fraction of sp³-hybridized carbons (Fsp3) is 0.138. The predicted molar refractivity (Wildman–Crippen MR) is 127 cm³/mol. The van der Waals surface area contributed by atoms with Gasteiger partial charge in [-0.05, 0) is 65.8 Å². The lowest BCUT2D eigenvalue weighted by molar-refractivity contribution is 0.793. The number of benzene rings is 4. The van der Waals surface area contributed by atoms with E-state index in [1.54, 1.807) is 0 Å². The van der Waals surface area contributed by atoms with Gasteiger partial charge in [0, 0.05) is 0 Å². The molecule has 1 nitrogen and oxygen atoms in total. The molecule has 30 heavy (non-hydrogen) atoms. The number of fused-ring (bicyclic) bond motifs is 1. The zero-order valence-corrected chi connectivity index (χ0v) is 17.7. The molecule has 0 amide bonds. The van der Waals surface area contributed by atoms with E-state index in [2.05, 4.69) is 118 Å². The summed E-state index contributed by atoms with van der Waals surface area (Å²) in [6, 6.07) is 34.6. The van der Waals surface area contributed by atoms with Crippen molar-refractivity contribution in [2.75, 3.05) is 0 Å². The molecule has 0 saturated carbocycles. The first-order valence-corrected chi connectivity index (χ1v) is 10.5. The molecule has 146 valence electrons. The summed E-state index contributed by atoms with van der Waals surface area (Å²) >= 11 is 0. The summed E-state index contributed by atoms with van der Waals surface area (Å²) in [7, 11) is 0. The van der Waals surface area contributed by atoms with Crippen LogP contribution >= 0.6 is 0 Å². The fourth-order valence-corrected chi connectivity index (χ4v) is 4.73. The normalized spacial score (nSPS) is 17.5. The number of hydrogen-bond donors (Lipinski definition) is 0. The number of hydrogen-bond acceptors (Lipinski definition) is 1. The van der Waals surface area contributed by atoms with E-state index in [0.717, 1.165) is 11.4 Å². The van der Waals surface area contributed by atoms with Crippen molar-refractivity contribution in [3.05, 3.63) is 125 Å². The first-order chi connectivity index (χ1) is 14.6. The summed E-state index contributed by atoms with van der Waals surface area (Å²) in [5.41, 5.74) is 10.8. The van der Waals surface area contributed by atoms with Gasteiger partial charge in [0.2, 0.25) is 0 Å². The third kappa shape index (κ3) is 2.81. The van der Waals surface area contributed by atoms with Gasteiger partial charge in [0.05, 0.1) is 16.8 Å². The summed E-state index contributed by atoms with van der Waals surface area (Å²) < 4.78 is 0. The van der Waals surface area contributed by atoms with Gasteiger partial charge in [-0.3, -0.25) is 4.99 Å². The average Bonchev–Trinajstić information content (AvgIpc) is 3.08. The van der Waals surface area contributed by atoms with E-state index in [0.29, 0.717) is 0 Å². The second kappa shape index (κ2) is 7.11. The summed E-state index contributed by atoms with van der Waals surface area (Å²) in [5.74, 6) is 0. The zero-order chi connectivity index (χ0) is 20.7. The Kier molecular flexibility index (Phi) is 4.40. The second-order valence-electron chi connectivity index (χ2n) is 8.32. The van der Waals surface area contributed by atoms with Crippen molar-refractivity contribution in [2.24, 2.45) is 4.99 Å². The van der Waals surface area contributed by atoms with Gasteiger partial charge in [0.25, 0.3) is 0 Å². The monoisotopic (exact) mass is 387 g/mol. The number of aryl methyl sites for hydroxylation is 2. The Hall–Kier alpha value is -3.45. The molecule has 4 aromatic carbocycles. The highest BCUT2D eigenvalue weighted by molar-refractivity contribution is 6.15. The van der Waals surface area contributed by atoms with Gasteiger partial charge in [-0.25, -0.2) is 0 Å². The van der Waals surface area contributed by atoms with Crippen LogP contribution in [0.3, 0.4) is 0 Å². The molecule has 0 bridgehead atoms. The van der Waals surface area contributed by atoms with Crippen LogP contribution in [0, 0.1) is 13.8 Å². The third-order valence-electron chi connectivity index (χ3n) is 6.42. The van der Waals surface area contributed by atoms with E-state index in [1.807, 2.05) is 0 Å². The van der Waals surface area contributed by atoms with Crippen LogP contribution in [0.25, 0.3) is 11.1 Å². The number of rotatable bonds is 3. The van der Waals surface area contributed by atoms with E-state index < -0.39 is 0 Å². The van der Waals surface area contributed by atoms with Crippen molar-refractivity contribution < 1.29 is 0 Å². The lowest BCUT2D eigenvalue weighted by atomic mass is 9.71. The number of aliphatic imine (C=N–C) groups is 1. The molecule has 0 aromatic heterocycles. The Labute approximate surface area is 178 Å². The maximum absolute atomic E-state index is 5.23. The third-order valence-corrected chi connectivity index (χ3v) is 6.42. The van der Waals surface area contributed by atoms with Crippen molar-refractivity contribution in [2.45, 2.75) is 26.2 Å². The summed E-state index contributed by atoms with van der Waals surface area (Å²) in [4.78, 5) is 5.23. The molecule has 0 saturated heterocycles. The molecule has 1 atom stereocenters. The smallest absolute Gasteiger partial charge is 0.0685 e. The molecule has 1 heterocycles. The topological polar surface area (TPSA) is 12.4 Å². The summed E-state index contributed by atoms with van der Waals surface area (Å²) in [6.07, 6.45) is 0. The van der Waals surface area contributed by atoms with Gasteiger partial charge < -0.3 is 0 Å². The molecule has 4 aromatic rings. The molecule has 0 spiro atoms. The molecular formula is C29H25N. The second-order valence-corrected chi connectivity index (χ2v) is 8.32. The maximum atomic E-state index is 5.23.